The molecule has 1 aromatic carbocycles. The van der Waals surface area contributed by atoms with Gasteiger partial charge in [-0.1, -0.05) is 0 Å². The van der Waals surface area contributed by atoms with Gasteiger partial charge in [0.15, 0.2) is 0 Å². The lowest BCUT2D eigenvalue weighted by Crippen LogP contribution is -2.33. The van der Waals surface area contributed by atoms with Crippen LogP contribution in [0.15, 0.2) is 24.3 Å². The first kappa shape index (κ1) is 12.6. The number of rotatable bonds is 5. The average molecular weight is 243 g/mol. The third-order valence-corrected chi connectivity index (χ3v) is 3.20. The lowest BCUT2D eigenvalue weighted by molar-refractivity contribution is 0.0949. The van der Waals surface area contributed by atoms with Crippen LogP contribution in [0.1, 0.15) is 28.8 Å². The Labute approximate surface area is 107 Å². The van der Waals surface area contributed by atoms with E-state index < -0.39 is 0 Å². The molecule has 0 spiro atoms. The molecule has 1 aliphatic rings. The zero-order chi connectivity index (χ0) is 13.0. The molecule has 1 N–H and O–H groups in total. The van der Waals surface area contributed by atoms with Crippen molar-refractivity contribution in [3.8, 4) is 6.07 Å². The van der Waals surface area contributed by atoms with Crippen molar-refractivity contribution in [3.63, 3.8) is 0 Å². The standard InChI is InChI=1S/C14H17N3O/c1-17(13-6-7-13)9-8-16-14(18)12-4-2-11(10-15)3-5-12/h2-5,13H,6-9H2,1H3,(H,16,18). The van der Waals surface area contributed by atoms with Gasteiger partial charge >= 0.3 is 0 Å². The first-order chi connectivity index (χ1) is 8.70. The second-order valence-electron chi connectivity index (χ2n) is 4.66. The van der Waals surface area contributed by atoms with E-state index in [4.69, 9.17) is 5.26 Å². The summed E-state index contributed by atoms with van der Waals surface area (Å²) in [6.07, 6.45) is 2.56. The average Bonchev–Trinajstić information content (AvgIpc) is 3.23. The summed E-state index contributed by atoms with van der Waals surface area (Å²) < 4.78 is 0. The largest absolute Gasteiger partial charge is 0.351 e. The number of benzene rings is 1. The van der Waals surface area contributed by atoms with Gasteiger partial charge in [0.1, 0.15) is 0 Å². The predicted octanol–water partition coefficient (Wildman–Crippen LogP) is 1.38. The van der Waals surface area contributed by atoms with Crippen LogP contribution in [0.4, 0.5) is 0 Å². The van der Waals surface area contributed by atoms with E-state index in [1.165, 1.54) is 12.8 Å². The zero-order valence-corrected chi connectivity index (χ0v) is 10.5. The Morgan fingerprint density at radius 3 is 2.67 bits per heavy atom. The van der Waals surface area contributed by atoms with Gasteiger partial charge in [-0.2, -0.15) is 5.26 Å². The van der Waals surface area contributed by atoms with Crippen LogP contribution in [-0.2, 0) is 0 Å². The summed E-state index contributed by atoms with van der Waals surface area (Å²) in [6.45, 7) is 1.54. The number of nitriles is 1. The Hall–Kier alpha value is -1.86. The van der Waals surface area contributed by atoms with Crippen molar-refractivity contribution in [1.29, 1.82) is 5.26 Å². The molecule has 0 aromatic heterocycles. The van der Waals surface area contributed by atoms with Gasteiger partial charge in [-0.05, 0) is 44.2 Å². The molecule has 0 aliphatic heterocycles. The number of nitrogens with one attached hydrogen (secondary N) is 1. The third kappa shape index (κ3) is 3.31. The van der Waals surface area contributed by atoms with Crippen molar-refractivity contribution in [3.05, 3.63) is 35.4 Å². The molecule has 0 bridgehead atoms. The molecule has 1 aromatic rings. The van der Waals surface area contributed by atoms with Crippen LogP contribution in [0.3, 0.4) is 0 Å². The monoisotopic (exact) mass is 243 g/mol. The fraction of sp³-hybridized carbons (Fsp3) is 0.429. The lowest BCUT2D eigenvalue weighted by atomic mass is 10.1. The van der Waals surface area contributed by atoms with E-state index in [9.17, 15) is 4.79 Å². The minimum atomic E-state index is -0.0799. The number of nitrogens with zero attached hydrogens (tertiary/aromatic N) is 2. The van der Waals surface area contributed by atoms with Crippen molar-refractivity contribution in [1.82, 2.24) is 10.2 Å². The molecule has 0 saturated heterocycles. The van der Waals surface area contributed by atoms with Crippen molar-refractivity contribution in [2.24, 2.45) is 0 Å². The summed E-state index contributed by atoms with van der Waals surface area (Å²) in [7, 11) is 2.09. The fourth-order valence-electron chi connectivity index (χ4n) is 1.84. The Bertz CT molecular complexity index is 457. The topological polar surface area (TPSA) is 56.1 Å². The summed E-state index contributed by atoms with van der Waals surface area (Å²) in [5.41, 5.74) is 1.17. The second kappa shape index (κ2) is 5.65. The van der Waals surface area contributed by atoms with Crippen LogP contribution in [0, 0.1) is 11.3 Å². The first-order valence-electron chi connectivity index (χ1n) is 6.19. The highest BCUT2D eigenvalue weighted by Crippen LogP contribution is 2.24. The normalized spacial score (nSPS) is 14.3. The van der Waals surface area contributed by atoms with Crippen LogP contribution < -0.4 is 5.32 Å². The first-order valence-corrected chi connectivity index (χ1v) is 6.19. The van der Waals surface area contributed by atoms with Crippen LogP contribution in [-0.4, -0.2) is 37.0 Å². The molecule has 94 valence electrons. The minimum Gasteiger partial charge on any atom is -0.351 e. The van der Waals surface area contributed by atoms with Gasteiger partial charge < -0.3 is 10.2 Å². The number of hydrogen-bond acceptors (Lipinski definition) is 3. The molecule has 18 heavy (non-hydrogen) atoms. The van der Waals surface area contributed by atoms with Crippen LogP contribution in [0.2, 0.25) is 0 Å². The Kier molecular flexibility index (Phi) is 3.96. The molecule has 0 atom stereocenters. The third-order valence-electron chi connectivity index (χ3n) is 3.20. The number of hydrogen-bond donors (Lipinski definition) is 1. The van der Waals surface area contributed by atoms with Crippen molar-refractivity contribution in [2.75, 3.05) is 20.1 Å². The van der Waals surface area contributed by atoms with Crippen LogP contribution >= 0.6 is 0 Å². The highest BCUT2D eigenvalue weighted by Gasteiger charge is 2.25. The maximum Gasteiger partial charge on any atom is 0.251 e. The summed E-state index contributed by atoms with van der Waals surface area (Å²) >= 11 is 0. The fourth-order valence-corrected chi connectivity index (χ4v) is 1.84. The van der Waals surface area contributed by atoms with Crippen molar-refractivity contribution in [2.45, 2.75) is 18.9 Å². The van der Waals surface area contributed by atoms with Gasteiger partial charge in [0.25, 0.3) is 5.91 Å². The second-order valence-corrected chi connectivity index (χ2v) is 4.66. The molecule has 1 amide bonds. The Balaban J connectivity index is 1.78. The summed E-state index contributed by atoms with van der Waals surface area (Å²) in [4.78, 5) is 14.1. The zero-order valence-electron chi connectivity index (χ0n) is 10.5. The molecule has 0 radical (unpaired) electrons. The van der Waals surface area contributed by atoms with E-state index in [0.717, 1.165) is 12.6 Å². The van der Waals surface area contributed by atoms with Gasteiger partial charge in [0, 0.05) is 24.7 Å². The molecule has 1 fully saturated rings. The van der Waals surface area contributed by atoms with E-state index in [-0.39, 0.29) is 5.91 Å². The number of likely N-dealkylation sites (N-methyl/N-ethyl adjacent to an activating group) is 1. The van der Waals surface area contributed by atoms with Gasteiger partial charge in [0.05, 0.1) is 11.6 Å². The summed E-state index contributed by atoms with van der Waals surface area (Å²) in [5.74, 6) is -0.0799. The molecule has 4 nitrogen and oxygen atoms in total. The van der Waals surface area contributed by atoms with E-state index in [0.29, 0.717) is 17.7 Å². The van der Waals surface area contributed by atoms with E-state index in [1.54, 1.807) is 24.3 Å². The molecule has 0 unspecified atom stereocenters. The highest BCUT2D eigenvalue weighted by molar-refractivity contribution is 5.94. The maximum atomic E-state index is 11.8. The molecule has 2 rings (SSSR count). The van der Waals surface area contributed by atoms with Gasteiger partial charge in [-0.15, -0.1) is 0 Å². The molecule has 1 saturated carbocycles. The molecule has 1 aliphatic carbocycles. The maximum absolute atomic E-state index is 11.8. The SMILES string of the molecule is CN(CCNC(=O)c1ccc(C#N)cc1)C1CC1. The van der Waals surface area contributed by atoms with Crippen molar-refractivity contribution >= 4 is 5.91 Å². The van der Waals surface area contributed by atoms with E-state index >= 15 is 0 Å². The van der Waals surface area contributed by atoms with Crippen molar-refractivity contribution < 1.29 is 4.79 Å². The molecular weight excluding hydrogens is 226 g/mol. The van der Waals surface area contributed by atoms with Crippen LogP contribution in [0.25, 0.3) is 0 Å². The van der Waals surface area contributed by atoms with E-state index in [2.05, 4.69) is 17.3 Å². The summed E-state index contributed by atoms with van der Waals surface area (Å²) in [5, 5.41) is 11.6. The van der Waals surface area contributed by atoms with Gasteiger partial charge in [-0.25, -0.2) is 0 Å². The Morgan fingerprint density at radius 2 is 2.11 bits per heavy atom. The molecular formula is C14H17N3O. The number of amides is 1. The van der Waals surface area contributed by atoms with E-state index in [1.807, 2.05) is 6.07 Å². The molecule has 0 heterocycles. The smallest absolute Gasteiger partial charge is 0.251 e. The lowest BCUT2D eigenvalue weighted by Gasteiger charge is -2.15. The molecule has 4 heteroatoms. The number of carbonyl (C=O) groups is 1. The predicted molar refractivity (Wildman–Crippen MR) is 69.1 cm³/mol. The summed E-state index contributed by atoms with van der Waals surface area (Å²) in [6, 6.07) is 9.43. The quantitative estimate of drug-likeness (QED) is 0.850. The highest BCUT2D eigenvalue weighted by atomic mass is 16.1. The van der Waals surface area contributed by atoms with Gasteiger partial charge in [-0.3, -0.25) is 4.79 Å². The number of carbonyl (C=O) groups excluding carboxylic acids is 1. The van der Waals surface area contributed by atoms with Crippen LogP contribution in [0.5, 0.6) is 0 Å². The Morgan fingerprint density at radius 1 is 1.44 bits per heavy atom. The van der Waals surface area contributed by atoms with Gasteiger partial charge in [0.2, 0.25) is 0 Å². The minimum absolute atomic E-state index is 0.0799.